The monoisotopic (exact) mass is 257 g/mol. The summed E-state index contributed by atoms with van der Waals surface area (Å²) in [6, 6.07) is 0. The maximum atomic E-state index is 5.57. The molecule has 1 aliphatic rings. The van der Waals surface area contributed by atoms with Crippen LogP contribution in [0.1, 0.15) is 20.3 Å². The molecular formula is C7H14IO2+. The van der Waals surface area contributed by atoms with E-state index in [1.54, 1.807) is 0 Å². The lowest BCUT2D eigenvalue weighted by Crippen LogP contribution is -3.35. The predicted molar refractivity (Wildman–Crippen MR) is 35.8 cm³/mol. The largest absolute Gasteiger partial charge is 0.348 e. The quantitative estimate of drug-likeness (QED) is 0.413. The first-order valence-corrected chi connectivity index (χ1v) is 5.19. The minimum absolute atomic E-state index is 0.332. The van der Waals surface area contributed by atoms with E-state index >= 15 is 0 Å². The molecule has 0 bridgehead atoms. The van der Waals surface area contributed by atoms with E-state index in [9.17, 15) is 0 Å². The van der Waals surface area contributed by atoms with Gasteiger partial charge in [-0.25, -0.2) is 0 Å². The van der Waals surface area contributed by atoms with Crippen LogP contribution >= 0.6 is 0 Å². The minimum Gasteiger partial charge on any atom is -0.348 e. The van der Waals surface area contributed by atoms with Gasteiger partial charge in [-0.05, 0) is 13.8 Å². The molecular weight excluding hydrogens is 243 g/mol. The van der Waals surface area contributed by atoms with Crippen molar-refractivity contribution in [3.05, 3.63) is 0 Å². The summed E-state index contributed by atoms with van der Waals surface area (Å²) in [5, 5.41) is 0. The number of hydrogen-bond donors (Lipinski definition) is 0. The van der Waals surface area contributed by atoms with Crippen LogP contribution in [0.4, 0.5) is 0 Å². The third kappa shape index (κ3) is 2.36. The van der Waals surface area contributed by atoms with Crippen LogP contribution in [0, 0.1) is 0 Å². The first kappa shape index (κ1) is 8.74. The van der Waals surface area contributed by atoms with E-state index in [1.165, 1.54) is 4.43 Å². The zero-order valence-electron chi connectivity index (χ0n) is 6.42. The predicted octanol–water partition coefficient (Wildman–Crippen LogP) is -2.19. The summed E-state index contributed by atoms with van der Waals surface area (Å²) in [5.41, 5.74) is 0. The average molecular weight is 257 g/mol. The lowest BCUT2D eigenvalue weighted by molar-refractivity contribution is -0.371. The Kier molecular flexibility index (Phi) is 2.94. The Morgan fingerprint density at radius 2 is 2.30 bits per heavy atom. The molecule has 60 valence electrons. The molecule has 2 nitrogen and oxygen atoms in total. The van der Waals surface area contributed by atoms with Crippen LogP contribution in [0.25, 0.3) is 0 Å². The summed E-state index contributed by atoms with van der Waals surface area (Å²) < 4.78 is 12.1. The molecule has 0 aromatic rings. The fourth-order valence-electron chi connectivity index (χ4n) is 1.04. The first-order valence-electron chi connectivity index (χ1n) is 3.54. The summed E-state index contributed by atoms with van der Waals surface area (Å²) in [6.45, 7) is 4.69. The van der Waals surface area contributed by atoms with E-state index in [1.807, 2.05) is 13.8 Å². The Morgan fingerprint density at radius 3 is 2.70 bits per heavy atom. The van der Waals surface area contributed by atoms with Crippen LogP contribution in [0.15, 0.2) is 0 Å². The first-order chi connectivity index (χ1) is 4.64. The van der Waals surface area contributed by atoms with Gasteiger partial charge in [-0.3, -0.25) is 0 Å². The van der Waals surface area contributed by atoms with Crippen molar-refractivity contribution in [1.82, 2.24) is 0 Å². The average Bonchev–Trinajstić information content (AvgIpc) is 2.12. The smallest absolute Gasteiger partial charge is 0.252 e. The molecule has 1 saturated heterocycles. The van der Waals surface area contributed by atoms with E-state index in [-0.39, 0.29) is 5.79 Å². The van der Waals surface area contributed by atoms with Gasteiger partial charge >= 0.3 is 0 Å². The zero-order valence-corrected chi connectivity index (χ0v) is 8.75. The maximum absolute atomic E-state index is 5.57. The second-order valence-electron chi connectivity index (χ2n) is 2.94. The lowest BCUT2D eigenvalue weighted by Gasteiger charge is -2.16. The third-order valence-electron chi connectivity index (χ3n) is 1.51. The van der Waals surface area contributed by atoms with Crippen molar-refractivity contribution < 1.29 is 32.1 Å². The standard InChI is InChI=1S/C7H14IO2/c1-7(2)9-5-6(10-7)3-4-8/h6,8H,3-5H2,1-2H3/q+1/t6-/m0/s1. The van der Waals surface area contributed by atoms with Crippen molar-refractivity contribution in [2.24, 2.45) is 0 Å². The van der Waals surface area contributed by atoms with Crippen LogP contribution in [0.5, 0.6) is 0 Å². The van der Waals surface area contributed by atoms with Crippen LogP contribution in [0.2, 0.25) is 0 Å². The Hall–Kier alpha value is 0.650. The van der Waals surface area contributed by atoms with Crippen molar-refractivity contribution in [3.63, 3.8) is 0 Å². The highest BCUT2D eigenvalue weighted by molar-refractivity contribution is 4.69. The van der Waals surface area contributed by atoms with E-state index in [0.29, 0.717) is 6.10 Å². The van der Waals surface area contributed by atoms with Gasteiger partial charge in [0.1, 0.15) is 4.43 Å². The molecule has 0 amide bonds. The van der Waals surface area contributed by atoms with Crippen LogP contribution in [0.3, 0.4) is 0 Å². The highest BCUT2D eigenvalue weighted by atomic mass is 127. The van der Waals surface area contributed by atoms with Gasteiger partial charge in [0.2, 0.25) is 0 Å². The SMILES string of the molecule is CC1(C)OC[C@H](CC[IH+])O1. The molecule has 1 fully saturated rings. The number of halogens is 1. The second-order valence-corrected chi connectivity index (χ2v) is 4.11. The van der Waals surface area contributed by atoms with E-state index in [2.05, 4.69) is 22.6 Å². The fourth-order valence-corrected chi connectivity index (χ4v) is 1.79. The van der Waals surface area contributed by atoms with E-state index in [0.717, 1.165) is 13.0 Å². The van der Waals surface area contributed by atoms with Crippen LogP contribution < -0.4 is 22.6 Å². The van der Waals surface area contributed by atoms with Crippen molar-refractivity contribution in [3.8, 4) is 0 Å². The highest BCUT2D eigenvalue weighted by Crippen LogP contribution is 2.23. The summed E-state index contributed by atoms with van der Waals surface area (Å²) >= 11 is 2.10. The molecule has 1 heterocycles. The molecule has 3 heteroatoms. The van der Waals surface area contributed by atoms with Crippen molar-refractivity contribution in [1.29, 1.82) is 0 Å². The van der Waals surface area contributed by atoms with Crippen molar-refractivity contribution in [2.75, 3.05) is 11.0 Å². The van der Waals surface area contributed by atoms with E-state index < -0.39 is 0 Å². The third-order valence-corrected chi connectivity index (χ3v) is 2.18. The molecule has 0 aromatic carbocycles. The molecule has 1 rings (SSSR count). The number of alkyl halides is 1. The van der Waals surface area contributed by atoms with Gasteiger partial charge in [-0.1, -0.05) is 0 Å². The van der Waals surface area contributed by atoms with Gasteiger partial charge in [0.15, 0.2) is 5.79 Å². The Morgan fingerprint density at radius 1 is 1.60 bits per heavy atom. The number of hydrogen-bond acceptors (Lipinski definition) is 2. The van der Waals surface area contributed by atoms with Crippen LogP contribution in [-0.2, 0) is 9.47 Å². The molecule has 10 heavy (non-hydrogen) atoms. The van der Waals surface area contributed by atoms with Crippen molar-refractivity contribution >= 4 is 0 Å². The molecule has 0 saturated carbocycles. The molecule has 0 aromatic heterocycles. The van der Waals surface area contributed by atoms with E-state index in [4.69, 9.17) is 9.47 Å². The number of ether oxygens (including phenoxy) is 2. The molecule has 1 atom stereocenters. The Balaban J connectivity index is 2.29. The molecule has 0 N–H and O–H groups in total. The second kappa shape index (κ2) is 3.36. The van der Waals surface area contributed by atoms with Gasteiger partial charge in [0.05, 0.1) is 12.7 Å². The summed E-state index contributed by atoms with van der Waals surface area (Å²) in [5.74, 6) is -0.332. The molecule has 0 unspecified atom stereocenters. The Labute approximate surface area is 75.4 Å². The number of rotatable bonds is 2. The van der Waals surface area contributed by atoms with Gasteiger partial charge < -0.3 is 9.47 Å². The summed E-state index contributed by atoms with van der Waals surface area (Å²) in [7, 11) is 0. The normalized spacial score (nSPS) is 30.9. The van der Waals surface area contributed by atoms with Gasteiger partial charge in [-0.15, -0.1) is 0 Å². The van der Waals surface area contributed by atoms with Gasteiger partial charge in [0.25, 0.3) is 22.6 Å². The fraction of sp³-hybridized carbons (Fsp3) is 1.00. The van der Waals surface area contributed by atoms with Gasteiger partial charge in [-0.2, -0.15) is 0 Å². The summed E-state index contributed by atoms with van der Waals surface area (Å²) in [4.78, 5) is 0. The van der Waals surface area contributed by atoms with Crippen molar-refractivity contribution in [2.45, 2.75) is 32.2 Å². The zero-order chi connectivity index (χ0) is 7.61. The maximum Gasteiger partial charge on any atom is 0.252 e. The van der Waals surface area contributed by atoms with Gasteiger partial charge in [0, 0.05) is 6.42 Å². The summed E-state index contributed by atoms with van der Waals surface area (Å²) in [6.07, 6.45) is 1.45. The van der Waals surface area contributed by atoms with Crippen LogP contribution in [-0.4, -0.2) is 22.9 Å². The highest BCUT2D eigenvalue weighted by Gasteiger charge is 2.32. The molecule has 1 aliphatic heterocycles. The minimum atomic E-state index is -0.332. The molecule has 0 aliphatic carbocycles. The Bertz CT molecular complexity index is 114. The molecule has 0 radical (unpaired) electrons. The molecule has 0 spiro atoms. The topological polar surface area (TPSA) is 18.5 Å². The lowest BCUT2D eigenvalue weighted by atomic mass is 10.3.